The molecular formula is C20H14ClF3N2O5. The average Bonchev–Trinajstić information content (AvgIpc) is 2.93. The van der Waals surface area contributed by atoms with Gasteiger partial charge in [0.05, 0.1) is 27.4 Å². The van der Waals surface area contributed by atoms with Gasteiger partial charge in [-0.05, 0) is 37.3 Å². The molecule has 162 valence electrons. The summed E-state index contributed by atoms with van der Waals surface area (Å²) in [7, 11) is 0. The highest BCUT2D eigenvalue weighted by atomic mass is 35.5. The van der Waals surface area contributed by atoms with Crippen LogP contribution in [0.25, 0.3) is 0 Å². The fourth-order valence-electron chi connectivity index (χ4n) is 2.83. The van der Waals surface area contributed by atoms with Crippen molar-refractivity contribution in [3.8, 4) is 0 Å². The van der Waals surface area contributed by atoms with Crippen molar-refractivity contribution in [2.24, 2.45) is 0 Å². The second-order valence-electron chi connectivity index (χ2n) is 6.56. The average molecular weight is 455 g/mol. The molecule has 0 aromatic heterocycles. The SMILES string of the molecule is CC(OC(=O)CN1C(=O)c2ccccc2C1=O)C(=O)Nc1cc(C(F)(F)F)ccc1Cl. The van der Waals surface area contributed by atoms with Crippen molar-refractivity contribution in [3.05, 3.63) is 64.2 Å². The standard InChI is InChI=1S/C20H14ClF3N2O5/c1-10(17(28)25-15-8-11(20(22,23)24)6-7-14(15)21)31-16(27)9-26-18(29)12-4-2-3-5-13(12)19(26)30/h2-8,10H,9H2,1H3,(H,25,28). The summed E-state index contributed by atoms with van der Waals surface area (Å²) in [5.74, 6) is -3.35. The summed E-state index contributed by atoms with van der Waals surface area (Å²) in [5.41, 5.74) is -1.05. The van der Waals surface area contributed by atoms with Crippen LogP contribution in [0.15, 0.2) is 42.5 Å². The van der Waals surface area contributed by atoms with Crippen LogP contribution < -0.4 is 5.32 Å². The monoisotopic (exact) mass is 454 g/mol. The summed E-state index contributed by atoms with van der Waals surface area (Å²) >= 11 is 5.82. The first kappa shape index (κ1) is 22.3. The van der Waals surface area contributed by atoms with Gasteiger partial charge in [0.2, 0.25) is 0 Å². The Morgan fingerprint density at radius 3 is 2.23 bits per heavy atom. The third-order valence-corrected chi connectivity index (χ3v) is 4.72. The van der Waals surface area contributed by atoms with Gasteiger partial charge in [0, 0.05) is 0 Å². The first-order chi connectivity index (χ1) is 14.5. The number of ether oxygens (including phenoxy) is 1. The number of esters is 1. The van der Waals surface area contributed by atoms with E-state index in [1.165, 1.54) is 19.1 Å². The maximum absolute atomic E-state index is 12.8. The molecule has 11 heteroatoms. The number of rotatable bonds is 5. The number of anilines is 1. The van der Waals surface area contributed by atoms with Gasteiger partial charge in [-0.25, -0.2) is 0 Å². The summed E-state index contributed by atoms with van der Waals surface area (Å²) in [6, 6.07) is 8.38. The van der Waals surface area contributed by atoms with E-state index in [-0.39, 0.29) is 21.8 Å². The van der Waals surface area contributed by atoms with Gasteiger partial charge in [0.25, 0.3) is 17.7 Å². The molecule has 1 atom stereocenters. The number of carbonyl (C=O) groups excluding carboxylic acids is 4. The van der Waals surface area contributed by atoms with Gasteiger partial charge >= 0.3 is 12.1 Å². The number of carbonyl (C=O) groups is 4. The molecular weight excluding hydrogens is 441 g/mol. The van der Waals surface area contributed by atoms with Gasteiger partial charge in [0.1, 0.15) is 6.54 Å². The van der Waals surface area contributed by atoms with Crippen LogP contribution >= 0.6 is 11.6 Å². The first-order valence-corrected chi connectivity index (χ1v) is 9.19. The molecule has 0 saturated carbocycles. The molecule has 2 aromatic rings. The largest absolute Gasteiger partial charge is 0.451 e. The van der Waals surface area contributed by atoms with Crippen molar-refractivity contribution in [1.82, 2.24) is 4.90 Å². The van der Waals surface area contributed by atoms with Crippen LogP contribution in [0.1, 0.15) is 33.2 Å². The Morgan fingerprint density at radius 1 is 1.10 bits per heavy atom. The predicted molar refractivity (Wildman–Crippen MR) is 102 cm³/mol. The Hall–Kier alpha value is -3.40. The number of amides is 3. The van der Waals surface area contributed by atoms with Gasteiger partial charge < -0.3 is 10.1 Å². The fraction of sp³-hybridized carbons (Fsp3) is 0.200. The van der Waals surface area contributed by atoms with Crippen molar-refractivity contribution in [2.45, 2.75) is 19.2 Å². The second kappa shape index (κ2) is 8.38. The summed E-state index contributed by atoms with van der Waals surface area (Å²) in [6.07, 6.45) is -6.08. The summed E-state index contributed by atoms with van der Waals surface area (Å²) in [5, 5.41) is 2.01. The van der Waals surface area contributed by atoms with E-state index in [0.29, 0.717) is 11.0 Å². The van der Waals surface area contributed by atoms with Gasteiger partial charge in [-0.15, -0.1) is 0 Å². The Balaban J connectivity index is 1.63. The Kier molecular flexibility index (Phi) is 6.03. The Morgan fingerprint density at radius 2 is 1.68 bits per heavy atom. The lowest BCUT2D eigenvalue weighted by Crippen LogP contribution is -2.38. The maximum Gasteiger partial charge on any atom is 0.416 e. The molecule has 0 saturated heterocycles. The van der Waals surface area contributed by atoms with Crippen LogP contribution in [0.5, 0.6) is 0 Å². The number of nitrogens with one attached hydrogen (secondary N) is 1. The number of nitrogens with zero attached hydrogens (tertiary/aromatic N) is 1. The third-order valence-electron chi connectivity index (χ3n) is 4.39. The molecule has 7 nitrogen and oxygen atoms in total. The molecule has 1 heterocycles. The van der Waals surface area contributed by atoms with Crippen molar-refractivity contribution in [3.63, 3.8) is 0 Å². The molecule has 1 aliphatic rings. The molecule has 0 bridgehead atoms. The minimum absolute atomic E-state index is 0.144. The summed E-state index contributed by atoms with van der Waals surface area (Å²) in [6.45, 7) is 0.450. The normalized spacial score (nSPS) is 14.3. The Labute approximate surface area is 178 Å². The summed E-state index contributed by atoms with van der Waals surface area (Å²) in [4.78, 5) is 49.6. The number of halogens is 4. The van der Waals surface area contributed by atoms with E-state index in [1.807, 2.05) is 0 Å². The molecule has 0 spiro atoms. The van der Waals surface area contributed by atoms with E-state index in [9.17, 15) is 32.3 Å². The van der Waals surface area contributed by atoms with E-state index in [0.717, 1.165) is 12.1 Å². The number of alkyl halides is 3. The van der Waals surface area contributed by atoms with Crippen LogP contribution in [-0.2, 0) is 20.5 Å². The van der Waals surface area contributed by atoms with E-state index in [4.69, 9.17) is 16.3 Å². The lowest BCUT2D eigenvalue weighted by atomic mass is 10.1. The Bertz CT molecular complexity index is 1050. The smallest absolute Gasteiger partial charge is 0.416 e. The van der Waals surface area contributed by atoms with E-state index in [2.05, 4.69) is 5.32 Å². The number of imide groups is 1. The second-order valence-corrected chi connectivity index (χ2v) is 6.96. The van der Waals surface area contributed by atoms with E-state index >= 15 is 0 Å². The van der Waals surface area contributed by atoms with Crippen molar-refractivity contribution in [2.75, 3.05) is 11.9 Å². The van der Waals surface area contributed by atoms with Crippen LogP contribution in [0.3, 0.4) is 0 Å². The third kappa shape index (κ3) is 4.69. The lowest BCUT2D eigenvalue weighted by Gasteiger charge is -2.17. The number of hydrogen-bond donors (Lipinski definition) is 1. The molecule has 0 fully saturated rings. The first-order valence-electron chi connectivity index (χ1n) is 8.81. The molecule has 1 aliphatic heterocycles. The molecule has 1 N–H and O–H groups in total. The van der Waals surface area contributed by atoms with E-state index < -0.39 is 48.1 Å². The van der Waals surface area contributed by atoms with Gasteiger partial charge in [0.15, 0.2) is 6.10 Å². The number of fused-ring (bicyclic) bond motifs is 1. The highest BCUT2D eigenvalue weighted by Gasteiger charge is 2.37. The van der Waals surface area contributed by atoms with Gasteiger partial charge in [-0.1, -0.05) is 23.7 Å². The zero-order chi connectivity index (χ0) is 22.9. The van der Waals surface area contributed by atoms with Gasteiger partial charge in [-0.2, -0.15) is 13.2 Å². The molecule has 0 radical (unpaired) electrons. The minimum atomic E-state index is -4.64. The summed E-state index contributed by atoms with van der Waals surface area (Å²) < 4.78 is 43.4. The lowest BCUT2D eigenvalue weighted by molar-refractivity contribution is -0.153. The molecule has 31 heavy (non-hydrogen) atoms. The molecule has 3 amide bonds. The predicted octanol–water partition coefficient (Wildman–Crippen LogP) is 3.53. The van der Waals surface area contributed by atoms with Crippen LogP contribution in [0.2, 0.25) is 5.02 Å². The van der Waals surface area contributed by atoms with Crippen molar-refractivity contribution in [1.29, 1.82) is 0 Å². The highest BCUT2D eigenvalue weighted by Crippen LogP contribution is 2.34. The molecule has 2 aromatic carbocycles. The van der Waals surface area contributed by atoms with Crippen LogP contribution in [-0.4, -0.2) is 41.2 Å². The highest BCUT2D eigenvalue weighted by molar-refractivity contribution is 6.33. The van der Waals surface area contributed by atoms with Crippen LogP contribution in [0.4, 0.5) is 18.9 Å². The molecule has 0 aliphatic carbocycles. The zero-order valence-corrected chi connectivity index (χ0v) is 16.6. The minimum Gasteiger partial charge on any atom is -0.451 e. The number of benzene rings is 2. The fourth-order valence-corrected chi connectivity index (χ4v) is 3.00. The van der Waals surface area contributed by atoms with E-state index in [1.54, 1.807) is 12.1 Å². The number of hydrogen-bond acceptors (Lipinski definition) is 5. The molecule has 3 rings (SSSR count). The van der Waals surface area contributed by atoms with Crippen molar-refractivity contribution >= 4 is 41.0 Å². The topological polar surface area (TPSA) is 92.8 Å². The van der Waals surface area contributed by atoms with Crippen LogP contribution in [0, 0.1) is 0 Å². The maximum atomic E-state index is 12.8. The quantitative estimate of drug-likeness (QED) is 0.551. The van der Waals surface area contributed by atoms with Gasteiger partial charge in [-0.3, -0.25) is 24.1 Å². The molecule has 1 unspecified atom stereocenters. The zero-order valence-electron chi connectivity index (χ0n) is 15.8. The van der Waals surface area contributed by atoms with Crippen molar-refractivity contribution < 1.29 is 37.1 Å².